The van der Waals surface area contributed by atoms with Crippen LogP contribution in [0.25, 0.3) is 11.0 Å². The van der Waals surface area contributed by atoms with Gasteiger partial charge in [0.2, 0.25) is 0 Å². The van der Waals surface area contributed by atoms with E-state index in [0.717, 1.165) is 42.8 Å². The first-order chi connectivity index (χ1) is 9.54. The SMILES string of the molecule is CC(O)(CN1CCNCC1)c1ccc2[nH]c(=O)[nH]c2c1. The van der Waals surface area contributed by atoms with E-state index in [1.807, 2.05) is 25.1 Å². The monoisotopic (exact) mass is 276 g/mol. The highest BCUT2D eigenvalue weighted by atomic mass is 16.3. The Labute approximate surface area is 116 Å². The molecule has 1 aliphatic rings. The van der Waals surface area contributed by atoms with E-state index in [0.29, 0.717) is 6.54 Å². The van der Waals surface area contributed by atoms with Crippen LogP contribution in [0.1, 0.15) is 12.5 Å². The van der Waals surface area contributed by atoms with E-state index in [-0.39, 0.29) is 5.69 Å². The van der Waals surface area contributed by atoms with Gasteiger partial charge in [-0.2, -0.15) is 0 Å². The van der Waals surface area contributed by atoms with E-state index < -0.39 is 5.60 Å². The van der Waals surface area contributed by atoms with Crippen molar-refractivity contribution in [1.82, 2.24) is 20.2 Å². The van der Waals surface area contributed by atoms with Crippen LogP contribution in [0.3, 0.4) is 0 Å². The summed E-state index contributed by atoms with van der Waals surface area (Å²) in [5.74, 6) is 0. The van der Waals surface area contributed by atoms with Crippen molar-refractivity contribution in [2.45, 2.75) is 12.5 Å². The van der Waals surface area contributed by atoms with E-state index in [1.165, 1.54) is 0 Å². The van der Waals surface area contributed by atoms with Crippen molar-refractivity contribution in [1.29, 1.82) is 0 Å². The van der Waals surface area contributed by atoms with Gasteiger partial charge >= 0.3 is 5.69 Å². The molecule has 20 heavy (non-hydrogen) atoms. The van der Waals surface area contributed by atoms with Crippen LogP contribution in [0.15, 0.2) is 23.0 Å². The Hall–Kier alpha value is -1.63. The number of β-amino-alcohol motifs (C(OH)–C–C–N with tert-alkyl or cyclic N) is 1. The Bertz CT molecular complexity index is 652. The average Bonchev–Trinajstić information content (AvgIpc) is 2.78. The van der Waals surface area contributed by atoms with Crippen molar-refractivity contribution in [3.05, 3.63) is 34.2 Å². The summed E-state index contributed by atoms with van der Waals surface area (Å²) < 4.78 is 0. The van der Waals surface area contributed by atoms with Crippen LogP contribution >= 0.6 is 0 Å². The van der Waals surface area contributed by atoms with Crippen LogP contribution < -0.4 is 11.0 Å². The van der Waals surface area contributed by atoms with Gasteiger partial charge in [-0.3, -0.25) is 4.90 Å². The Kier molecular flexibility index (Phi) is 3.37. The Morgan fingerprint density at radius 3 is 2.70 bits per heavy atom. The number of aliphatic hydroxyl groups is 1. The van der Waals surface area contributed by atoms with E-state index in [9.17, 15) is 9.90 Å². The van der Waals surface area contributed by atoms with Crippen LogP contribution in [0.4, 0.5) is 0 Å². The molecule has 0 saturated carbocycles. The summed E-state index contributed by atoms with van der Waals surface area (Å²) in [5.41, 5.74) is 1.15. The lowest BCUT2D eigenvalue weighted by Crippen LogP contribution is -2.48. The molecule has 0 bridgehead atoms. The minimum Gasteiger partial charge on any atom is -0.384 e. The summed E-state index contributed by atoms with van der Waals surface area (Å²) in [4.78, 5) is 19.0. The van der Waals surface area contributed by atoms with Crippen LogP contribution in [-0.2, 0) is 5.60 Å². The topological polar surface area (TPSA) is 84.2 Å². The lowest BCUT2D eigenvalue weighted by molar-refractivity contribution is 0.0127. The largest absolute Gasteiger partial charge is 0.384 e. The highest BCUT2D eigenvalue weighted by Crippen LogP contribution is 2.24. The number of benzene rings is 1. The third kappa shape index (κ3) is 2.63. The maximum atomic E-state index is 11.3. The lowest BCUT2D eigenvalue weighted by Gasteiger charge is -2.34. The smallest absolute Gasteiger partial charge is 0.323 e. The van der Waals surface area contributed by atoms with Gasteiger partial charge in [0.1, 0.15) is 0 Å². The fourth-order valence-electron chi connectivity index (χ4n) is 2.76. The third-order valence-electron chi connectivity index (χ3n) is 3.88. The molecule has 108 valence electrons. The molecule has 1 aromatic carbocycles. The van der Waals surface area contributed by atoms with Crippen molar-refractivity contribution in [2.24, 2.45) is 0 Å². The Morgan fingerprint density at radius 1 is 1.25 bits per heavy atom. The van der Waals surface area contributed by atoms with E-state index in [2.05, 4.69) is 20.2 Å². The molecule has 1 aliphatic heterocycles. The van der Waals surface area contributed by atoms with Crippen LogP contribution in [0, 0.1) is 0 Å². The summed E-state index contributed by atoms with van der Waals surface area (Å²) in [6, 6.07) is 5.54. The standard InChI is InChI=1S/C14H20N4O2/c1-14(20,9-18-6-4-15-5-7-18)10-2-3-11-12(8-10)17-13(19)16-11/h2-3,8,15,20H,4-7,9H2,1H3,(H2,16,17,19). The highest BCUT2D eigenvalue weighted by molar-refractivity contribution is 5.75. The van der Waals surface area contributed by atoms with Gasteiger partial charge in [0.15, 0.2) is 0 Å². The number of nitrogens with zero attached hydrogens (tertiary/aromatic N) is 1. The van der Waals surface area contributed by atoms with E-state index in [4.69, 9.17) is 0 Å². The minimum absolute atomic E-state index is 0.223. The molecule has 6 heteroatoms. The van der Waals surface area contributed by atoms with Gasteiger partial charge in [-0.15, -0.1) is 0 Å². The van der Waals surface area contributed by atoms with Crippen molar-refractivity contribution in [3.8, 4) is 0 Å². The van der Waals surface area contributed by atoms with Gasteiger partial charge in [0.25, 0.3) is 0 Å². The maximum Gasteiger partial charge on any atom is 0.323 e. The van der Waals surface area contributed by atoms with Crippen LogP contribution in [-0.4, -0.2) is 52.7 Å². The first kappa shape index (κ1) is 13.4. The van der Waals surface area contributed by atoms with E-state index in [1.54, 1.807) is 0 Å². The van der Waals surface area contributed by atoms with Gasteiger partial charge in [-0.05, 0) is 24.6 Å². The second kappa shape index (κ2) is 5.05. The number of hydrogen-bond acceptors (Lipinski definition) is 4. The first-order valence-electron chi connectivity index (χ1n) is 6.93. The summed E-state index contributed by atoms with van der Waals surface area (Å²) in [6.45, 7) is 6.22. The maximum absolute atomic E-state index is 11.3. The number of aromatic amines is 2. The minimum atomic E-state index is -0.931. The van der Waals surface area contributed by atoms with Gasteiger partial charge in [0, 0.05) is 32.7 Å². The quantitative estimate of drug-likeness (QED) is 0.634. The van der Waals surface area contributed by atoms with Crippen molar-refractivity contribution in [2.75, 3.05) is 32.7 Å². The van der Waals surface area contributed by atoms with Crippen LogP contribution in [0.5, 0.6) is 0 Å². The molecule has 6 nitrogen and oxygen atoms in total. The van der Waals surface area contributed by atoms with E-state index >= 15 is 0 Å². The number of piperazine rings is 1. The van der Waals surface area contributed by atoms with Crippen LogP contribution in [0.2, 0.25) is 0 Å². The normalized spacial score (nSPS) is 20.1. The number of H-pyrrole nitrogens is 2. The second-order valence-electron chi connectivity index (χ2n) is 5.64. The molecule has 1 saturated heterocycles. The zero-order valence-corrected chi connectivity index (χ0v) is 11.6. The van der Waals surface area contributed by atoms with Gasteiger partial charge in [0.05, 0.1) is 16.6 Å². The molecule has 1 atom stereocenters. The predicted octanol–water partition coefficient (Wildman–Crippen LogP) is -0.0311. The molecule has 0 radical (unpaired) electrons. The fraction of sp³-hybridized carbons (Fsp3) is 0.500. The molecule has 0 spiro atoms. The van der Waals surface area contributed by atoms with Crippen molar-refractivity contribution in [3.63, 3.8) is 0 Å². The second-order valence-corrected chi connectivity index (χ2v) is 5.64. The fourth-order valence-corrected chi connectivity index (χ4v) is 2.76. The molecular weight excluding hydrogens is 256 g/mol. The number of rotatable bonds is 3. The Morgan fingerprint density at radius 2 is 1.95 bits per heavy atom. The predicted molar refractivity (Wildman–Crippen MR) is 77.8 cm³/mol. The summed E-state index contributed by atoms with van der Waals surface area (Å²) in [5, 5.41) is 14.0. The molecule has 1 fully saturated rings. The summed E-state index contributed by atoms with van der Waals surface area (Å²) in [6.07, 6.45) is 0. The zero-order chi connectivity index (χ0) is 14.2. The number of nitrogens with one attached hydrogen (secondary N) is 3. The van der Waals surface area contributed by atoms with Gasteiger partial charge in [-0.1, -0.05) is 6.07 Å². The molecule has 4 N–H and O–H groups in total. The molecule has 0 amide bonds. The number of fused-ring (bicyclic) bond motifs is 1. The van der Waals surface area contributed by atoms with Crippen molar-refractivity contribution >= 4 is 11.0 Å². The zero-order valence-electron chi connectivity index (χ0n) is 11.6. The Balaban J connectivity index is 1.85. The number of imidazole rings is 1. The van der Waals surface area contributed by atoms with Crippen molar-refractivity contribution < 1.29 is 5.11 Å². The molecule has 1 unspecified atom stereocenters. The highest BCUT2D eigenvalue weighted by Gasteiger charge is 2.27. The molecule has 2 heterocycles. The van der Waals surface area contributed by atoms with Gasteiger partial charge < -0.3 is 20.4 Å². The average molecular weight is 276 g/mol. The number of aromatic nitrogens is 2. The molecule has 0 aliphatic carbocycles. The molecular formula is C14H20N4O2. The number of hydrogen-bond donors (Lipinski definition) is 4. The summed E-state index contributed by atoms with van der Waals surface area (Å²) >= 11 is 0. The first-order valence-corrected chi connectivity index (χ1v) is 6.93. The van der Waals surface area contributed by atoms with Gasteiger partial charge in [-0.25, -0.2) is 4.79 Å². The lowest BCUT2D eigenvalue weighted by atomic mass is 9.94. The molecule has 1 aromatic heterocycles. The molecule has 3 rings (SSSR count). The molecule has 2 aromatic rings. The summed E-state index contributed by atoms with van der Waals surface area (Å²) in [7, 11) is 0. The third-order valence-corrected chi connectivity index (χ3v) is 3.88.